The second kappa shape index (κ2) is 6.53. The molecule has 0 fully saturated rings. The highest BCUT2D eigenvalue weighted by molar-refractivity contribution is 14.1. The molecule has 0 heterocycles. The van der Waals surface area contributed by atoms with E-state index in [4.69, 9.17) is 5.11 Å². The Kier molecular flexibility index (Phi) is 5.56. The molecule has 0 spiro atoms. The number of anilines is 1. The Morgan fingerprint density at radius 1 is 1.47 bits per heavy atom. The maximum absolute atomic E-state index is 12.0. The minimum Gasteiger partial charge on any atom is -0.481 e. The van der Waals surface area contributed by atoms with Gasteiger partial charge in [-0.3, -0.25) is 9.52 Å². The fraction of sp³-hybridized carbons (Fsp3) is 0.364. The largest absolute Gasteiger partial charge is 0.481 e. The molecule has 19 heavy (non-hydrogen) atoms. The van der Waals surface area contributed by atoms with Crippen LogP contribution in [0, 0.1) is 10.5 Å². The van der Waals surface area contributed by atoms with Crippen LogP contribution in [0.1, 0.15) is 12.0 Å². The Labute approximate surface area is 126 Å². The number of halogens is 1. The molecule has 1 aromatic carbocycles. The number of carboxylic acids is 1. The number of nitrogens with one attached hydrogen (secondary N) is 1. The number of hydrogen-bond donors (Lipinski definition) is 2. The number of carboxylic acid groups (broad SMARTS) is 1. The molecule has 0 bridgehead atoms. The maximum Gasteiger partial charge on any atom is 0.304 e. The maximum atomic E-state index is 12.0. The predicted molar refractivity (Wildman–Crippen MR) is 81.3 cm³/mol. The summed E-state index contributed by atoms with van der Waals surface area (Å²) in [5.41, 5.74) is 1.30. The summed E-state index contributed by atoms with van der Waals surface area (Å²) < 4.78 is 28.4. The summed E-state index contributed by atoms with van der Waals surface area (Å²) in [5.74, 6) is -1.03. The smallest absolute Gasteiger partial charge is 0.304 e. The van der Waals surface area contributed by atoms with Gasteiger partial charge in [0.2, 0.25) is 0 Å². The van der Waals surface area contributed by atoms with Gasteiger partial charge in [-0.1, -0.05) is 0 Å². The zero-order valence-electron chi connectivity index (χ0n) is 10.6. The number of aliphatic carboxylic acids is 1. The van der Waals surface area contributed by atoms with Crippen molar-refractivity contribution in [1.29, 1.82) is 0 Å². The molecule has 0 amide bonds. The van der Waals surface area contributed by atoms with E-state index in [-0.39, 0.29) is 13.0 Å². The van der Waals surface area contributed by atoms with Gasteiger partial charge in [0.05, 0.1) is 12.1 Å². The predicted octanol–water partition coefficient (Wildman–Crippen LogP) is 1.66. The first-order chi connectivity index (χ1) is 8.72. The molecule has 1 aromatic rings. The molecule has 2 N–H and O–H groups in total. The summed E-state index contributed by atoms with van der Waals surface area (Å²) in [6.45, 7) is 1.73. The van der Waals surface area contributed by atoms with Crippen molar-refractivity contribution in [2.75, 3.05) is 18.3 Å². The molecule has 0 radical (unpaired) electrons. The summed E-state index contributed by atoms with van der Waals surface area (Å²) in [6, 6.07) is 5.33. The fourth-order valence-corrected chi connectivity index (χ4v) is 2.97. The molecular weight excluding hydrogens is 383 g/mol. The average Bonchev–Trinajstić information content (AvgIpc) is 2.29. The molecule has 0 aliphatic carbocycles. The molecule has 106 valence electrons. The van der Waals surface area contributed by atoms with Crippen molar-refractivity contribution in [2.45, 2.75) is 13.3 Å². The first-order valence-corrected chi connectivity index (χ1v) is 7.96. The van der Waals surface area contributed by atoms with Crippen molar-refractivity contribution in [1.82, 2.24) is 4.31 Å². The van der Waals surface area contributed by atoms with Crippen LogP contribution in [0.4, 0.5) is 5.69 Å². The summed E-state index contributed by atoms with van der Waals surface area (Å²) in [4.78, 5) is 10.4. The van der Waals surface area contributed by atoms with E-state index in [1.165, 1.54) is 7.05 Å². The Bertz CT molecular complexity index is 574. The monoisotopic (exact) mass is 398 g/mol. The van der Waals surface area contributed by atoms with Gasteiger partial charge in [0.15, 0.2) is 0 Å². The van der Waals surface area contributed by atoms with Gasteiger partial charge in [-0.2, -0.15) is 12.7 Å². The van der Waals surface area contributed by atoms with Crippen molar-refractivity contribution in [3.8, 4) is 0 Å². The van der Waals surface area contributed by atoms with Crippen molar-refractivity contribution in [3.05, 3.63) is 27.3 Å². The van der Waals surface area contributed by atoms with E-state index >= 15 is 0 Å². The standard InChI is InChI=1S/C11H15IN2O4S/c1-8-7-9(12)3-4-10(8)13-19(17,18)14(2)6-5-11(15)16/h3-4,7,13H,5-6H2,1-2H3,(H,15,16). The van der Waals surface area contributed by atoms with Crippen LogP contribution in [-0.4, -0.2) is 37.4 Å². The molecule has 0 atom stereocenters. The zero-order chi connectivity index (χ0) is 14.6. The lowest BCUT2D eigenvalue weighted by molar-refractivity contribution is -0.137. The van der Waals surface area contributed by atoms with Gasteiger partial charge in [-0.15, -0.1) is 0 Å². The van der Waals surface area contributed by atoms with Gasteiger partial charge in [0.25, 0.3) is 0 Å². The number of carbonyl (C=O) groups is 1. The summed E-state index contributed by atoms with van der Waals surface area (Å²) in [7, 11) is -2.39. The van der Waals surface area contributed by atoms with Crippen LogP contribution >= 0.6 is 22.6 Å². The van der Waals surface area contributed by atoms with Crippen molar-refractivity contribution in [2.24, 2.45) is 0 Å². The Hall–Kier alpha value is -0.870. The SMILES string of the molecule is Cc1cc(I)ccc1NS(=O)(=O)N(C)CCC(=O)O. The van der Waals surface area contributed by atoms with Gasteiger partial charge in [0.1, 0.15) is 0 Å². The molecule has 0 unspecified atom stereocenters. The van der Waals surface area contributed by atoms with Gasteiger partial charge in [-0.25, -0.2) is 0 Å². The highest BCUT2D eigenvalue weighted by atomic mass is 127. The van der Waals surface area contributed by atoms with Gasteiger partial charge in [0, 0.05) is 17.2 Å². The zero-order valence-corrected chi connectivity index (χ0v) is 13.5. The molecule has 0 saturated carbocycles. The first kappa shape index (κ1) is 16.2. The lowest BCUT2D eigenvalue weighted by atomic mass is 10.2. The molecule has 0 aliphatic heterocycles. The lowest BCUT2D eigenvalue weighted by Crippen LogP contribution is -2.34. The van der Waals surface area contributed by atoms with Crippen LogP contribution in [0.15, 0.2) is 18.2 Å². The van der Waals surface area contributed by atoms with Crippen molar-refractivity contribution in [3.63, 3.8) is 0 Å². The minimum atomic E-state index is -3.73. The molecule has 0 saturated heterocycles. The quantitative estimate of drug-likeness (QED) is 0.714. The Balaban J connectivity index is 2.81. The normalized spacial score (nSPS) is 11.6. The highest BCUT2D eigenvalue weighted by Gasteiger charge is 2.19. The fourth-order valence-electron chi connectivity index (χ4n) is 1.33. The van der Waals surface area contributed by atoms with E-state index in [9.17, 15) is 13.2 Å². The number of benzene rings is 1. The molecule has 0 aromatic heterocycles. The van der Waals surface area contributed by atoms with Crippen molar-refractivity contribution < 1.29 is 18.3 Å². The molecule has 0 aliphatic rings. The second-order valence-corrected chi connectivity index (χ2v) is 7.05. The van der Waals surface area contributed by atoms with Crippen LogP contribution in [0.25, 0.3) is 0 Å². The number of hydrogen-bond acceptors (Lipinski definition) is 3. The van der Waals surface area contributed by atoms with Crippen LogP contribution in [0.3, 0.4) is 0 Å². The minimum absolute atomic E-state index is 0.0753. The van der Waals surface area contributed by atoms with Gasteiger partial charge in [-0.05, 0) is 53.3 Å². The average molecular weight is 398 g/mol. The third-order valence-corrected chi connectivity index (χ3v) is 4.63. The Morgan fingerprint density at radius 3 is 2.63 bits per heavy atom. The topological polar surface area (TPSA) is 86.7 Å². The summed E-state index contributed by atoms with van der Waals surface area (Å²) in [5, 5.41) is 8.55. The van der Waals surface area contributed by atoms with E-state index in [1.807, 2.05) is 6.07 Å². The van der Waals surface area contributed by atoms with E-state index < -0.39 is 16.2 Å². The second-order valence-electron chi connectivity index (χ2n) is 4.03. The summed E-state index contributed by atoms with van der Waals surface area (Å²) in [6.07, 6.45) is -0.233. The third-order valence-electron chi connectivity index (χ3n) is 2.48. The lowest BCUT2D eigenvalue weighted by Gasteiger charge is -2.18. The highest BCUT2D eigenvalue weighted by Crippen LogP contribution is 2.19. The summed E-state index contributed by atoms with van der Waals surface area (Å²) >= 11 is 2.14. The van der Waals surface area contributed by atoms with E-state index in [1.54, 1.807) is 19.1 Å². The van der Waals surface area contributed by atoms with Crippen LogP contribution < -0.4 is 4.72 Å². The number of rotatable bonds is 6. The molecule has 8 heteroatoms. The molecule has 6 nitrogen and oxygen atoms in total. The number of nitrogens with zero attached hydrogens (tertiary/aromatic N) is 1. The van der Waals surface area contributed by atoms with Gasteiger partial charge >= 0.3 is 16.2 Å². The van der Waals surface area contributed by atoms with Crippen molar-refractivity contribution >= 4 is 44.5 Å². The number of aryl methyl sites for hydroxylation is 1. The third kappa shape index (κ3) is 4.96. The van der Waals surface area contributed by atoms with Gasteiger partial charge < -0.3 is 5.11 Å². The Morgan fingerprint density at radius 2 is 2.11 bits per heavy atom. The van der Waals surface area contributed by atoms with E-state index in [0.29, 0.717) is 5.69 Å². The first-order valence-electron chi connectivity index (χ1n) is 5.44. The molecule has 1 rings (SSSR count). The van der Waals surface area contributed by atoms with E-state index in [0.717, 1.165) is 13.4 Å². The molecular formula is C11H15IN2O4S. The van der Waals surface area contributed by atoms with Crippen LogP contribution in [0.5, 0.6) is 0 Å². The van der Waals surface area contributed by atoms with Crippen LogP contribution in [0.2, 0.25) is 0 Å². The van der Waals surface area contributed by atoms with Crippen LogP contribution in [-0.2, 0) is 15.0 Å². The van der Waals surface area contributed by atoms with E-state index in [2.05, 4.69) is 27.3 Å².